The van der Waals surface area contributed by atoms with Crippen molar-refractivity contribution in [3.63, 3.8) is 0 Å². The van der Waals surface area contributed by atoms with Crippen molar-refractivity contribution in [3.05, 3.63) is 47.0 Å². The summed E-state index contributed by atoms with van der Waals surface area (Å²) in [4.78, 5) is 30.8. The highest BCUT2D eigenvalue weighted by Crippen LogP contribution is 2.28. The predicted molar refractivity (Wildman–Crippen MR) is 99.9 cm³/mol. The second-order valence-electron chi connectivity index (χ2n) is 6.94. The summed E-state index contributed by atoms with van der Waals surface area (Å²) in [6, 6.07) is 6.24. The molecule has 1 aromatic carbocycles. The Morgan fingerprint density at radius 1 is 1.23 bits per heavy atom. The highest BCUT2D eigenvalue weighted by molar-refractivity contribution is 5.95. The number of amides is 1. The smallest absolute Gasteiger partial charge is 0.257 e. The molecule has 3 aromatic rings. The molecule has 0 aliphatic carbocycles. The van der Waals surface area contributed by atoms with Gasteiger partial charge in [-0.1, -0.05) is 6.07 Å². The van der Waals surface area contributed by atoms with Crippen molar-refractivity contribution in [2.24, 2.45) is 0 Å². The largest absolute Gasteiger partial charge is 0.368 e. The van der Waals surface area contributed by atoms with Crippen molar-refractivity contribution in [2.75, 3.05) is 18.8 Å². The van der Waals surface area contributed by atoms with Gasteiger partial charge in [0.15, 0.2) is 0 Å². The highest BCUT2D eigenvalue weighted by atomic mass is 16.2. The maximum Gasteiger partial charge on any atom is 0.257 e. The third-order valence-electron chi connectivity index (χ3n) is 5.05. The van der Waals surface area contributed by atoms with Crippen molar-refractivity contribution in [1.29, 1.82) is 0 Å². The Morgan fingerprint density at radius 2 is 2.00 bits per heavy atom. The van der Waals surface area contributed by atoms with E-state index < -0.39 is 0 Å². The Balaban J connectivity index is 1.47. The number of H-pyrrole nitrogens is 1. The molecule has 0 saturated carbocycles. The Labute approximate surface area is 151 Å². The molecule has 1 fully saturated rings. The summed E-state index contributed by atoms with van der Waals surface area (Å²) >= 11 is 0. The number of hydrogen-bond donors (Lipinski definition) is 2. The molecule has 1 aliphatic heterocycles. The molecule has 0 atom stereocenters. The number of nitrogens with two attached hydrogens (primary N) is 1. The van der Waals surface area contributed by atoms with Crippen molar-refractivity contribution >= 4 is 22.9 Å². The van der Waals surface area contributed by atoms with Gasteiger partial charge in [-0.05, 0) is 44.4 Å². The number of aryl methyl sites for hydroxylation is 2. The van der Waals surface area contributed by atoms with Crippen LogP contribution in [0.25, 0.3) is 11.0 Å². The number of carbonyl (C=O) groups excluding carboxylic acids is 1. The molecule has 134 valence electrons. The van der Waals surface area contributed by atoms with Crippen LogP contribution in [-0.2, 0) is 0 Å². The number of nitrogens with zero attached hydrogens (tertiary/aromatic N) is 4. The summed E-state index contributed by atoms with van der Waals surface area (Å²) in [7, 11) is 0. The SMILES string of the molecule is Cc1ccc2nc(C3CCN(C(=O)c4cnc(N)nc4C)CC3)[nH]c2c1. The summed E-state index contributed by atoms with van der Waals surface area (Å²) in [5.41, 5.74) is 10.0. The molecular formula is C19H22N6O. The summed E-state index contributed by atoms with van der Waals surface area (Å²) in [5.74, 6) is 1.53. The Bertz CT molecular complexity index is 971. The molecular weight excluding hydrogens is 328 g/mol. The second-order valence-corrected chi connectivity index (χ2v) is 6.94. The van der Waals surface area contributed by atoms with Crippen LogP contribution in [0.15, 0.2) is 24.4 Å². The van der Waals surface area contributed by atoms with Gasteiger partial charge in [0.25, 0.3) is 5.91 Å². The van der Waals surface area contributed by atoms with Crippen molar-refractivity contribution in [3.8, 4) is 0 Å². The first kappa shape index (κ1) is 16.5. The molecule has 3 N–H and O–H groups in total. The number of nitrogens with one attached hydrogen (secondary N) is 1. The van der Waals surface area contributed by atoms with Crippen molar-refractivity contribution in [1.82, 2.24) is 24.8 Å². The van der Waals surface area contributed by atoms with Gasteiger partial charge < -0.3 is 15.6 Å². The number of aromatic amines is 1. The van der Waals surface area contributed by atoms with Crippen LogP contribution in [0.2, 0.25) is 0 Å². The number of benzene rings is 1. The van der Waals surface area contributed by atoms with Crippen LogP contribution in [0.5, 0.6) is 0 Å². The zero-order chi connectivity index (χ0) is 18.3. The van der Waals surface area contributed by atoms with Crippen LogP contribution in [-0.4, -0.2) is 43.8 Å². The van der Waals surface area contributed by atoms with E-state index in [4.69, 9.17) is 10.7 Å². The summed E-state index contributed by atoms with van der Waals surface area (Å²) in [6.07, 6.45) is 3.30. The number of hydrogen-bond acceptors (Lipinski definition) is 5. The first-order valence-electron chi connectivity index (χ1n) is 8.86. The Hall–Kier alpha value is -2.96. The standard InChI is InChI=1S/C19H22N6O/c1-11-3-4-15-16(9-11)24-17(23-15)13-5-7-25(8-6-13)18(26)14-10-21-19(20)22-12(14)2/h3-4,9-10,13H,5-8H2,1-2H3,(H,23,24)(H2,20,21,22). The van der Waals surface area contributed by atoms with Gasteiger partial charge in [-0.3, -0.25) is 4.79 Å². The van der Waals surface area contributed by atoms with Crippen LogP contribution in [0.1, 0.15) is 46.2 Å². The number of imidazole rings is 1. The fourth-order valence-electron chi connectivity index (χ4n) is 3.56. The lowest BCUT2D eigenvalue weighted by atomic mass is 9.95. The minimum Gasteiger partial charge on any atom is -0.368 e. The minimum atomic E-state index is -0.0267. The summed E-state index contributed by atoms with van der Waals surface area (Å²) in [5, 5.41) is 0. The normalized spacial score (nSPS) is 15.5. The fraction of sp³-hybridized carbons (Fsp3) is 0.368. The van der Waals surface area contributed by atoms with Crippen LogP contribution >= 0.6 is 0 Å². The molecule has 1 saturated heterocycles. The number of rotatable bonds is 2. The number of likely N-dealkylation sites (tertiary alicyclic amines) is 1. The second kappa shape index (κ2) is 6.40. The van der Waals surface area contributed by atoms with E-state index in [1.54, 1.807) is 6.92 Å². The van der Waals surface area contributed by atoms with Crippen LogP contribution < -0.4 is 5.73 Å². The van der Waals surface area contributed by atoms with Crippen molar-refractivity contribution < 1.29 is 4.79 Å². The summed E-state index contributed by atoms with van der Waals surface area (Å²) in [6.45, 7) is 5.26. The fourth-order valence-corrected chi connectivity index (χ4v) is 3.56. The molecule has 1 amide bonds. The zero-order valence-corrected chi connectivity index (χ0v) is 15.0. The first-order chi connectivity index (χ1) is 12.5. The average Bonchev–Trinajstić information content (AvgIpc) is 3.04. The lowest BCUT2D eigenvalue weighted by molar-refractivity contribution is 0.0709. The quantitative estimate of drug-likeness (QED) is 0.740. The number of aromatic nitrogens is 4. The van der Waals surface area contributed by atoms with E-state index in [1.165, 1.54) is 11.8 Å². The number of anilines is 1. The van der Waals surface area contributed by atoms with Crippen molar-refractivity contribution in [2.45, 2.75) is 32.6 Å². The number of piperidine rings is 1. The Kier molecular flexibility index (Phi) is 4.06. The van der Waals surface area contributed by atoms with E-state index in [2.05, 4.69) is 34.0 Å². The topological polar surface area (TPSA) is 101 Å². The zero-order valence-electron chi connectivity index (χ0n) is 15.0. The maximum absolute atomic E-state index is 12.7. The molecule has 3 heterocycles. The van der Waals surface area contributed by atoms with E-state index in [1.807, 2.05) is 11.0 Å². The number of fused-ring (bicyclic) bond motifs is 1. The molecule has 7 nitrogen and oxygen atoms in total. The molecule has 0 radical (unpaired) electrons. The van der Waals surface area contributed by atoms with Gasteiger partial charge in [-0.15, -0.1) is 0 Å². The van der Waals surface area contributed by atoms with Gasteiger partial charge in [-0.25, -0.2) is 15.0 Å². The molecule has 0 bridgehead atoms. The van der Waals surface area contributed by atoms with Gasteiger partial charge in [0, 0.05) is 25.2 Å². The van der Waals surface area contributed by atoms with Crippen LogP contribution in [0.4, 0.5) is 5.95 Å². The molecule has 0 spiro atoms. The number of carbonyl (C=O) groups is 1. The van der Waals surface area contributed by atoms with Gasteiger partial charge >= 0.3 is 0 Å². The van der Waals surface area contributed by atoms with Gasteiger partial charge in [0.05, 0.1) is 22.3 Å². The van der Waals surface area contributed by atoms with E-state index >= 15 is 0 Å². The lowest BCUT2D eigenvalue weighted by Gasteiger charge is -2.31. The summed E-state index contributed by atoms with van der Waals surface area (Å²) < 4.78 is 0. The van der Waals surface area contributed by atoms with E-state index in [0.717, 1.165) is 29.7 Å². The minimum absolute atomic E-state index is 0.0267. The van der Waals surface area contributed by atoms with E-state index in [-0.39, 0.29) is 11.9 Å². The third-order valence-corrected chi connectivity index (χ3v) is 5.05. The molecule has 26 heavy (non-hydrogen) atoms. The average molecular weight is 350 g/mol. The van der Waals surface area contributed by atoms with E-state index in [0.29, 0.717) is 30.3 Å². The molecule has 7 heteroatoms. The third kappa shape index (κ3) is 3.00. The highest BCUT2D eigenvalue weighted by Gasteiger charge is 2.27. The first-order valence-corrected chi connectivity index (χ1v) is 8.86. The monoisotopic (exact) mass is 350 g/mol. The van der Waals surface area contributed by atoms with Crippen LogP contribution in [0, 0.1) is 13.8 Å². The molecule has 1 aliphatic rings. The number of nitrogen functional groups attached to an aromatic ring is 1. The van der Waals surface area contributed by atoms with E-state index in [9.17, 15) is 4.79 Å². The lowest BCUT2D eigenvalue weighted by Crippen LogP contribution is -2.38. The molecule has 2 aromatic heterocycles. The van der Waals surface area contributed by atoms with Gasteiger partial charge in [0.1, 0.15) is 5.82 Å². The Morgan fingerprint density at radius 3 is 2.73 bits per heavy atom. The molecule has 4 rings (SSSR count). The molecule has 0 unspecified atom stereocenters. The van der Waals surface area contributed by atoms with Gasteiger partial charge in [0.2, 0.25) is 5.95 Å². The maximum atomic E-state index is 12.7. The predicted octanol–water partition coefficient (Wildman–Crippen LogP) is 2.57. The van der Waals surface area contributed by atoms with Gasteiger partial charge in [-0.2, -0.15) is 0 Å². The van der Waals surface area contributed by atoms with Crippen LogP contribution in [0.3, 0.4) is 0 Å².